The van der Waals surface area contributed by atoms with Crippen molar-refractivity contribution in [3.63, 3.8) is 0 Å². The van der Waals surface area contributed by atoms with Gasteiger partial charge in [0, 0.05) is 11.3 Å². The first kappa shape index (κ1) is 31.3. The van der Waals surface area contributed by atoms with Crippen LogP contribution in [0.2, 0.25) is 0 Å². The van der Waals surface area contributed by atoms with Crippen molar-refractivity contribution in [3.8, 4) is 0 Å². The molecule has 2 atom stereocenters. The number of nitrogens with zero attached hydrogens (tertiary/aromatic N) is 1. The predicted molar refractivity (Wildman–Crippen MR) is 142 cm³/mol. The van der Waals surface area contributed by atoms with Crippen LogP contribution in [0.15, 0.2) is 18.2 Å². The summed E-state index contributed by atoms with van der Waals surface area (Å²) in [5, 5.41) is 5.20. The molecule has 1 rings (SSSR count). The third-order valence-corrected chi connectivity index (χ3v) is 6.37. The van der Waals surface area contributed by atoms with Crippen molar-refractivity contribution in [1.29, 1.82) is 0 Å². The van der Waals surface area contributed by atoms with E-state index >= 15 is 0 Å². The largest absolute Gasteiger partial charge is 0.468 e. The fourth-order valence-electron chi connectivity index (χ4n) is 3.54. The number of nitrogens with one attached hydrogen (secondary N) is 2. The van der Waals surface area contributed by atoms with Gasteiger partial charge < -0.3 is 25.0 Å². The molecule has 0 bridgehead atoms. The maximum atomic E-state index is 14.0. The van der Waals surface area contributed by atoms with E-state index in [1.807, 2.05) is 46.8 Å². The van der Waals surface area contributed by atoms with Crippen LogP contribution in [0.4, 0.5) is 4.79 Å². The van der Waals surface area contributed by atoms with Crippen molar-refractivity contribution in [2.24, 2.45) is 0 Å². The van der Waals surface area contributed by atoms with Crippen LogP contribution >= 0.6 is 12.6 Å². The second-order valence-electron chi connectivity index (χ2n) is 10.2. The highest BCUT2D eigenvalue weighted by molar-refractivity contribution is 7.80. The number of ether oxygens (including phenoxy) is 2. The molecule has 0 radical (unpaired) electrons. The SMILES string of the molecule is CCC(C)(C)N(C(=O)C(CS)NC(=O)OC(C)(C)C)C(C(=O)NCC(=O)OC)c1cccc(C)c1C. The van der Waals surface area contributed by atoms with Crippen molar-refractivity contribution in [2.75, 3.05) is 19.4 Å². The highest BCUT2D eigenvalue weighted by atomic mass is 32.1. The Hall–Kier alpha value is -2.75. The molecule has 2 unspecified atom stereocenters. The number of carbonyl (C=O) groups excluding carboxylic acids is 4. The van der Waals surface area contributed by atoms with E-state index < -0.39 is 47.1 Å². The molecule has 0 fully saturated rings. The maximum Gasteiger partial charge on any atom is 0.408 e. The number of hydrogen-bond acceptors (Lipinski definition) is 7. The number of aryl methyl sites for hydroxylation is 1. The summed E-state index contributed by atoms with van der Waals surface area (Å²) in [6, 6.07) is 3.37. The minimum Gasteiger partial charge on any atom is -0.468 e. The molecule has 0 aliphatic carbocycles. The van der Waals surface area contributed by atoms with Crippen LogP contribution < -0.4 is 10.6 Å². The van der Waals surface area contributed by atoms with Gasteiger partial charge in [0.2, 0.25) is 11.8 Å². The Labute approximate surface area is 220 Å². The van der Waals surface area contributed by atoms with E-state index in [9.17, 15) is 19.2 Å². The molecule has 0 saturated carbocycles. The summed E-state index contributed by atoms with van der Waals surface area (Å²) >= 11 is 4.31. The molecule has 3 amide bonds. The van der Waals surface area contributed by atoms with Crippen molar-refractivity contribution in [1.82, 2.24) is 15.5 Å². The van der Waals surface area contributed by atoms with E-state index in [1.165, 1.54) is 12.0 Å². The minimum absolute atomic E-state index is 0.0162. The lowest BCUT2D eigenvalue weighted by molar-refractivity contribution is -0.149. The van der Waals surface area contributed by atoms with E-state index in [-0.39, 0.29) is 12.3 Å². The van der Waals surface area contributed by atoms with Gasteiger partial charge in [-0.1, -0.05) is 25.1 Å². The molecule has 1 aromatic carbocycles. The first-order chi connectivity index (χ1) is 16.6. The number of thiol groups is 1. The number of carbonyl (C=O) groups is 4. The standard InChI is InChI=1S/C26H41N3O6S/c1-10-26(7,8)29(23(32)19(15-36)28-24(33)35-25(4,5)6)21(22(31)27-14-20(30)34-9)18-13-11-12-16(2)17(18)3/h11-13,19,21,36H,10,14-15H2,1-9H3,(H,27,31)(H,28,33). The van der Waals surface area contributed by atoms with E-state index in [2.05, 4.69) is 28.0 Å². The number of alkyl carbamates (subject to hydrolysis) is 1. The summed E-state index contributed by atoms with van der Waals surface area (Å²) in [6.07, 6.45) is -0.251. The molecule has 36 heavy (non-hydrogen) atoms. The highest BCUT2D eigenvalue weighted by Crippen LogP contribution is 2.34. The molecule has 0 spiro atoms. The van der Waals surface area contributed by atoms with Gasteiger partial charge in [-0.2, -0.15) is 12.6 Å². The molecule has 2 N–H and O–H groups in total. The second-order valence-corrected chi connectivity index (χ2v) is 10.6. The van der Waals surface area contributed by atoms with E-state index in [4.69, 9.17) is 4.74 Å². The topological polar surface area (TPSA) is 114 Å². The molecule has 10 heteroatoms. The molecule has 9 nitrogen and oxygen atoms in total. The summed E-state index contributed by atoms with van der Waals surface area (Å²) in [7, 11) is 1.23. The average molecular weight is 524 g/mol. The summed E-state index contributed by atoms with van der Waals surface area (Å²) in [5.74, 6) is -1.67. The molecule has 0 aliphatic rings. The van der Waals surface area contributed by atoms with Crippen LogP contribution in [0.5, 0.6) is 0 Å². The quantitative estimate of drug-likeness (QED) is 0.320. The van der Waals surface area contributed by atoms with Crippen LogP contribution in [0.25, 0.3) is 0 Å². The van der Waals surface area contributed by atoms with Crippen LogP contribution in [-0.2, 0) is 23.9 Å². The lowest BCUT2D eigenvalue weighted by Gasteiger charge is -2.44. The number of methoxy groups -OCH3 is 1. The molecule has 202 valence electrons. The zero-order valence-corrected chi connectivity index (χ0v) is 23.7. The van der Waals surface area contributed by atoms with Crippen molar-refractivity contribution in [3.05, 3.63) is 34.9 Å². The number of hydrogen-bond donors (Lipinski definition) is 3. The van der Waals surface area contributed by atoms with Crippen molar-refractivity contribution < 1.29 is 28.7 Å². The summed E-state index contributed by atoms with van der Waals surface area (Å²) < 4.78 is 9.99. The Bertz CT molecular complexity index is 957. The zero-order chi connectivity index (χ0) is 27.8. The lowest BCUT2D eigenvalue weighted by atomic mass is 9.89. The maximum absolute atomic E-state index is 14.0. The van der Waals surface area contributed by atoms with Crippen molar-refractivity contribution in [2.45, 2.75) is 85.0 Å². The summed E-state index contributed by atoms with van der Waals surface area (Å²) in [6.45, 7) is 14.2. The predicted octanol–water partition coefficient (Wildman–Crippen LogP) is 3.47. The number of rotatable bonds is 10. The Morgan fingerprint density at radius 3 is 2.19 bits per heavy atom. The average Bonchev–Trinajstić information content (AvgIpc) is 2.79. The number of benzene rings is 1. The molecule has 0 heterocycles. The van der Waals surface area contributed by atoms with Gasteiger partial charge in [0.05, 0.1) is 7.11 Å². The Morgan fingerprint density at radius 2 is 1.69 bits per heavy atom. The molecule has 0 aromatic heterocycles. The first-order valence-electron chi connectivity index (χ1n) is 11.9. The van der Waals surface area contributed by atoms with Gasteiger partial charge in [-0.3, -0.25) is 14.4 Å². The number of esters is 1. The summed E-state index contributed by atoms with van der Waals surface area (Å²) in [4.78, 5) is 53.4. The lowest BCUT2D eigenvalue weighted by Crippen LogP contribution is -2.60. The first-order valence-corrected chi connectivity index (χ1v) is 12.6. The molecule has 0 saturated heterocycles. The fourth-order valence-corrected chi connectivity index (χ4v) is 3.79. The normalized spacial score (nSPS) is 13.3. The third-order valence-electron chi connectivity index (χ3n) is 6.01. The monoisotopic (exact) mass is 523 g/mol. The van der Waals surface area contributed by atoms with Crippen LogP contribution in [-0.4, -0.2) is 65.4 Å². The van der Waals surface area contributed by atoms with Crippen LogP contribution in [0.1, 0.15) is 70.7 Å². The minimum atomic E-state index is -1.08. The van der Waals surface area contributed by atoms with Crippen molar-refractivity contribution >= 4 is 36.5 Å². The third kappa shape index (κ3) is 8.43. The molecular weight excluding hydrogens is 482 g/mol. The van der Waals surface area contributed by atoms with E-state index in [0.717, 1.165) is 11.1 Å². The summed E-state index contributed by atoms with van der Waals surface area (Å²) in [5.41, 5.74) is 0.825. The molecule has 0 aliphatic heterocycles. The smallest absolute Gasteiger partial charge is 0.408 e. The van der Waals surface area contributed by atoms with Crippen LogP contribution in [0, 0.1) is 13.8 Å². The Balaban J connectivity index is 3.62. The second kappa shape index (κ2) is 13.0. The molecular formula is C26H41N3O6S. The van der Waals surface area contributed by atoms with Gasteiger partial charge in [0.15, 0.2) is 0 Å². The van der Waals surface area contributed by atoms with Gasteiger partial charge in [-0.25, -0.2) is 4.79 Å². The van der Waals surface area contributed by atoms with E-state index in [0.29, 0.717) is 12.0 Å². The zero-order valence-electron chi connectivity index (χ0n) is 22.9. The van der Waals surface area contributed by atoms with Gasteiger partial charge in [0.25, 0.3) is 0 Å². The Kier molecular flexibility index (Phi) is 11.3. The Morgan fingerprint density at radius 1 is 1.08 bits per heavy atom. The number of amides is 3. The van der Waals surface area contributed by atoms with Crippen LogP contribution in [0.3, 0.4) is 0 Å². The van der Waals surface area contributed by atoms with Gasteiger partial charge in [-0.05, 0) is 71.6 Å². The molecule has 1 aromatic rings. The highest BCUT2D eigenvalue weighted by Gasteiger charge is 2.43. The fraction of sp³-hybridized carbons (Fsp3) is 0.615. The van der Waals surface area contributed by atoms with Gasteiger partial charge >= 0.3 is 12.1 Å². The van der Waals surface area contributed by atoms with E-state index in [1.54, 1.807) is 26.8 Å². The van der Waals surface area contributed by atoms with Gasteiger partial charge in [0.1, 0.15) is 24.2 Å². The van der Waals surface area contributed by atoms with Gasteiger partial charge in [-0.15, -0.1) is 0 Å².